The van der Waals surface area contributed by atoms with Crippen molar-refractivity contribution >= 4 is 5.91 Å². The Morgan fingerprint density at radius 2 is 2.00 bits per heavy atom. The van der Waals surface area contributed by atoms with E-state index < -0.39 is 0 Å². The van der Waals surface area contributed by atoms with E-state index >= 15 is 0 Å². The largest absolute Gasteiger partial charge is 0.444 e. The average molecular weight is 364 g/mol. The molecule has 0 aliphatic carbocycles. The van der Waals surface area contributed by atoms with Gasteiger partial charge >= 0.3 is 0 Å². The summed E-state index contributed by atoms with van der Waals surface area (Å²) in [5, 5.41) is 0. The van der Waals surface area contributed by atoms with Gasteiger partial charge in [-0.1, -0.05) is 47.5 Å². The molecule has 0 bridgehead atoms. The first kappa shape index (κ1) is 20.9. The molecule has 26 heavy (non-hydrogen) atoms. The summed E-state index contributed by atoms with van der Waals surface area (Å²) < 4.78 is 5.93. The number of amides is 1. The molecule has 1 amide bonds. The molecule has 2 rings (SSSR count). The summed E-state index contributed by atoms with van der Waals surface area (Å²) in [4.78, 5) is 21.7. The first-order chi connectivity index (χ1) is 12.3. The summed E-state index contributed by atoms with van der Waals surface area (Å²) in [6.07, 6.45) is 7.14. The Morgan fingerprint density at radius 3 is 2.62 bits per heavy atom. The van der Waals surface area contributed by atoms with Gasteiger partial charge in [0.25, 0.3) is 0 Å². The van der Waals surface area contributed by atoms with Crippen molar-refractivity contribution in [3.63, 3.8) is 0 Å². The van der Waals surface area contributed by atoms with Gasteiger partial charge in [0.2, 0.25) is 11.8 Å². The number of hydrogen-bond acceptors (Lipinski definition) is 4. The van der Waals surface area contributed by atoms with Gasteiger partial charge in [-0.2, -0.15) is 0 Å². The Kier molecular flexibility index (Phi) is 7.69. The predicted octanol–water partition coefficient (Wildman–Crippen LogP) is 4.22. The van der Waals surface area contributed by atoms with Gasteiger partial charge < -0.3 is 9.32 Å². The van der Waals surface area contributed by atoms with E-state index in [0.717, 1.165) is 76.5 Å². The fraction of sp³-hybridized carbons (Fsp3) is 0.810. The molecule has 1 aliphatic rings. The van der Waals surface area contributed by atoms with E-state index in [1.165, 1.54) is 0 Å². The van der Waals surface area contributed by atoms with Crippen LogP contribution in [0.1, 0.15) is 78.4 Å². The molecule has 0 saturated carbocycles. The van der Waals surface area contributed by atoms with Crippen molar-refractivity contribution in [3.05, 3.63) is 17.8 Å². The summed E-state index contributed by atoms with van der Waals surface area (Å²) in [6.45, 7) is 15.0. The number of aromatic nitrogens is 1. The van der Waals surface area contributed by atoms with Crippen LogP contribution >= 0.6 is 0 Å². The minimum Gasteiger partial charge on any atom is -0.444 e. The van der Waals surface area contributed by atoms with Crippen molar-refractivity contribution < 1.29 is 9.21 Å². The molecule has 148 valence electrons. The number of hydrogen-bond donors (Lipinski definition) is 0. The quantitative estimate of drug-likeness (QED) is 0.728. The molecule has 1 aromatic heterocycles. The highest BCUT2D eigenvalue weighted by molar-refractivity contribution is 5.78. The minimum absolute atomic E-state index is 0.0130. The molecule has 1 aromatic rings. The normalized spacial score (nSPS) is 18.0. The van der Waals surface area contributed by atoms with Gasteiger partial charge in [-0.3, -0.25) is 9.69 Å². The van der Waals surface area contributed by atoms with Crippen LogP contribution in [0.15, 0.2) is 10.6 Å². The zero-order valence-electron chi connectivity index (χ0n) is 17.4. The van der Waals surface area contributed by atoms with Crippen LogP contribution in [0.3, 0.4) is 0 Å². The first-order valence-corrected chi connectivity index (χ1v) is 10.3. The van der Waals surface area contributed by atoms with Crippen LogP contribution in [0.5, 0.6) is 0 Å². The molecule has 5 nitrogen and oxygen atoms in total. The molecule has 0 aromatic carbocycles. The second kappa shape index (κ2) is 9.54. The van der Waals surface area contributed by atoms with E-state index in [0.29, 0.717) is 5.91 Å². The fourth-order valence-electron chi connectivity index (χ4n) is 3.48. The smallest absolute Gasteiger partial charge is 0.225 e. The van der Waals surface area contributed by atoms with Crippen molar-refractivity contribution in [3.8, 4) is 0 Å². The van der Waals surface area contributed by atoms with Crippen LogP contribution in [0.25, 0.3) is 0 Å². The lowest BCUT2D eigenvalue weighted by Crippen LogP contribution is -2.38. The van der Waals surface area contributed by atoms with Crippen LogP contribution in [0, 0.1) is 5.92 Å². The topological polar surface area (TPSA) is 49.6 Å². The SMILES string of the molecule is CCCCC(CC)C(=O)N1CCCN(Cc2ncc(C(C)(C)C)o2)CC1. The fourth-order valence-corrected chi connectivity index (χ4v) is 3.48. The summed E-state index contributed by atoms with van der Waals surface area (Å²) in [5.41, 5.74) is -0.0130. The van der Waals surface area contributed by atoms with E-state index in [1.54, 1.807) is 0 Å². The maximum atomic E-state index is 12.8. The Balaban J connectivity index is 1.89. The van der Waals surface area contributed by atoms with Gasteiger partial charge in [0, 0.05) is 37.5 Å². The number of rotatable bonds is 7. The van der Waals surface area contributed by atoms with E-state index in [1.807, 2.05) is 6.20 Å². The zero-order chi connectivity index (χ0) is 19.2. The van der Waals surface area contributed by atoms with Gasteiger partial charge in [-0.05, 0) is 19.3 Å². The predicted molar refractivity (Wildman–Crippen MR) is 105 cm³/mol. The second-order valence-corrected chi connectivity index (χ2v) is 8.57. The van der Waals surface area contributed by atoms with Crippen molar-refractivity contribution in [2.24, 2.45) is 5.92 Å². The number of carbonyl (C=O) groups is 1. The summed E-state index contributed by atoms with van der Waals surface area (Å²) in [5.74, 6) is 2.27. The number of carbonyl (C=O) groups excluding carboxylic acids is 1. The van der Waals surface area contributed by atoms with Crippen molar-refractivity contribution in [1.29, 1.82) is 0 Å². The molecule has 0 radical (unpaired) electrons. The lowest BCUT2D eigenvalue weighted by molar-refractivity contribution is -0.135. The molecule has 2 heterocycles. The van der Waals surface area contributed by atoms with Crippen LogP contribution in [0.4, 0.5) is 0 Å². The summed E-state index contributed by atoms with van der Waals surface area (Å²) in [6, 6.07) is 0. The van der Waals surface area contributed by atoms with Gasteiger partial charge in [0.15, 0.2) is 0 Å². The highest BCUT2D eigenvalue weighted by atomic mass is 16.4. The Morgan fingerprint density at radius 1 is 1.23 bits per heavy atom. The van der Waals surface area contributed by atoms with E-state index in [2.05, 4.69) is 49.4 Å². The molecule has 5 heteroatoms. The van der Waals surface area contributed by atoms with E-state index in [9.17, 15) is 4.79 Å². The van der Waals surface area contributed by atoms with Crippen LogP contribution in [-0.4, -0.2) is 46.9 Å². The molecule has 1 aliphatic heterocycles. The van der Waals surface area contributed by atoms with Gasteiger partial charge in [-0.25, -0.2) is 4.98 Å². The molecule has 1 saturated heterocycles. The summed E-state index contributed by atoms with van der Waals surface area (Å²) in [7, 11) is 0. The Bertz CT molecular complexity index is 562. The lowest BCUT2D eigenvalue weighted by Gasteiger charge is -2.26. The maximum Gasteiger partial charge on any atom is 0.225 e. The van der Waals surface area contributed by atoms with Crippen LogP contribution < -0.4 is 0 Å². The third-order valence-electron chi connectivity index (χ3n) is 5.30. The van der Waals surface area contributed by atoms with E-state index in [4.69, 9.17) is 4.42 Å². The van der Waals surface area contributed by atoms with Crippen molar-refractivity contribution in [2.75, 3.05) is 26.2 Å². The number of oxazole rings is 1. The highest BCUT2D eigenvalue weighted by Crippen LogP contribution is 2.23. The minimum atomic E-state index is -0.0130. The van der Waals surface area contributed by atoms with Crippen molar-refractivity contribution in [1.82, 2.24) is 14.8 Å². The monoisotopic (exact) mass is 363 g/mol. The third kappa shape index (κ3) is 5.83. The standard InChI is InChI=1S/C21H37N3O2/c1-6-8-10-17(7-2)20(25)24-12-9-11-23(13-14-24)16-19-22-15-18(26-19)21(3,4)5/h15,17H,6-14,16H2,1-5H3. The Labute approximate surface area is 159 Å². The molecule has 1 unspecified atom stereocenters. The van der Waals surface area contributed by atoms with Crippen LogP contribution in [-0.2, 0) is 16.8 Å². The molecule has 1 fully saturated rings. The van der Waals surface area contributed by atoms with Crippen LogP contribution in [0.2, 0.25) is 0 Å². The van der Waals surface area contributed by atoms with Gasteiger partial charge in [0.05, 0.1) is 12.7 Å². The average Bonchev–Trinajstić information content (AvgIpc) is 2.94. The maximum absolute atomic E-state index is 12.8. The molecule has 0 N–H and O–H groups in total. The number of unbranched alkanes of at least 4 members (excludes halogenated alkanes) is 1. The van der Waals surface area contributed by atoms with Gasteiger partial charge in [0.1, 0.15) is 5.76 Å². The summed E-state index contributed by atoms with van der Waals surface area (Å²) >= 11 is 0. The highest BCUT2D eigenvalue weighted by Gasteiger charge is 2.25. The molecular weight excluding hydrogens is 326 g/mol. The van der Waals surface area contributed by atoms with Gasteiger partial charge in [-0.15, -0.1) is 0 Å². The number of nitrogens with zero attached hydrogens (tertiary/aromatic N) is 3. The third-order valence-corrected chi connectivity index (χ3v) is 5.30. The zero-order valence-corrected chi connectivity index (χ0v) is 17.4. The van der Waals surface area contributed by atoms with Crippen molar-refractivity contribution in [2.45, 2.75) is 78.7 Å². The lowest BCUT2D eigenvalue weighted by atomic mass is 9.94. The molecular formula is C21H37N3O2. The Hall–Kier alpha value is -1.36. The molecule has 1 atom stereocenters. The second-order valence-electron chi connectivity index (χ2n) is 8.57. The first-order valence-electron chi connectivity index (χ1n) is 10.3. The molecule has 0 spiro atoms. The van der Waals surface area contributed by atoms with E-state index in [-0.39, 0.29) is 11.3 Å².